The number of aliphatic hydroxyl groups is 1. The maximum absolute atomic E-state index is 12.6. The van der Waals surface area contributed by atoms with E-state index < -0.39 is 5.60 Å². The monoisotopic (exact) mass is 494 g/mol. The van der Waals surface area contributed by atoms with Gasteiger partial charge in [-0.05, 0) is 67.1 Å². The Morgan fingerprint density at radius 3 is 2.64 bits per heavy atom. The van der Waals surface area contributed by atoms with Crippen LogP contribution in [0, 0.1) is 0 Å². The van der Waals surface area contributed by atoms with Crippen molar-refractivity contribution in [1.82, 2.24) is 10.2 Å². The second kappa shape index (κ2) is 10.5. The SMILES string of the molecule is COc1ccc(CN2CCC(O)(c3ccc4oc(C(=O)NC[C@@H]5CCCO5)cc4c3)CC2)cc1OC. The molecule has 1 amide bonds. The molecule has 0 bridgehead atoms. The predicted molar refractivity (Wildman–Crippen MR) is 135 cm³/mol. The summed E-state index contributed by atoms with van der Waals surface area (Å²) in [6, 6.07) is 13.4. The molecule has 2 N–H and O–H groups in total. The summed E-state index contributed by atoms with van der Waals surface area (Å²) in [5.74, 6) is 1.46. The van der Waals surface area contributed by atoms with Crippen molar-refractivity contribution in [2.45, 2.75) is 43.9 Å². The molecule has 0 radical (unpaired) electrons. The van der Waals surface area contributed by atoms with Gasteiger partial charge in [-0.25, -0.2) is 0 Å². The molecule has 8 heteroatoms. The summed E-state index contributed by atoms with van der Waals surface area (Å²) in [7, 11) is 3.27. The lowest BCUT2D eigenvalue weighted by atomic mass is 9.84. The number of nitrogens with one attached hydrogen (secondary N) is 1. The lowest BCUT2D eigenvalue weighted by Crippen LogP contribution is -2.42. The molecule has 2 fully saturated rings. The van der Waals surface area contributed by atoms with Crippen LogP contribution in [0.3, 0.4) is 0 Å². The third kappa shape index (κ3) is 5.21. The van der Waals surface area contributed by atoms with E-state index >= 15 is 0 Å². The normalized spacial score (nSPS) is 19.9. The number of amides is 1. The van der Waals surface area contributed by atoms with Crippen LogP contribution < -0.4 is 14.8 Å². The maximum Gasteiger partial charge on any atom is 0.287 e. The number of benzene rings is 2. The first-order valence-corrected chi connectivity index (χ1v) is 12.6. The topological polar surface area (TPSA) is 93.4 Å². The smallest absolute Gasteiger partial charge is 0.287 e. The minimum absolute atomic E-state index is 0.0804. The van der Waals surface area contributed by atoms with Gasteiger partial charge in [-0.1, -0.05) is 12.1 Å². The van der Waals surface area contributed by atoms with E-state index in [0.29, 0.717) is 30.7 Å². The molecule has 2 aromatic carbocycles. The lowest BCUT2D eigenvalue weighted by molar-refractivity contribution is -0.0276. The zero-order chi connectivity index (χ0) is 25.1. The van der Waals surface area contributed by atoms with E-state index in [9.17, 15) is 9.90 Å². The summed E-state index contributed by atoms with van der Waals surface area (Å²) >= 11 is 0. The number of likely N-dealkylation sites (tertiary alicyclic amines) is 1. The van der Waals surface area contributed by atoms with Gasteiger partial charge in [0.05, 0.1) is 25.9 Å². The number of methoxy groups -OCH3 is 2. The molecule has 0 saturated carbocycles. The highest BCUT2D eigenvalue weighted by Gasteiger charge is 2.34. The molecule has 2 aliphatic heterocycles. The molecule has 2 saturated heterocycles. The van der Waals surface area contributed by atoms with Crippen LogP contribution in [-0.2, 0) is 16.9 Å². The number of hydrogen-bond acceptors (Lipinski definition) is 7. The first-order chi connectivity index (χ1) is 17.5. The number of fused-ring (bicyclic) bond motifs is 1. The van der Waals surface area contributed by atoms with E-state index in [0.717, 1.165) is 61.3 Å². The number of piperidine rings is 1. The lowest BCUT2D eigenvalue weighted by Gasteiger charge is -2.38. The summed E-state index contributed by atoms with van der Waals surface area (Å²) in [4.78, 5) is 14.9. The highest BCUT2D eigenvalue weighted by Crippen LogP contribution is 2.36. The first-order valence-electron chi connectivity index (χ1n) is 12.6. The third-order valence-corrected chi connectivity index (χ3v) is 7.33. The molecule has 2 aliphatic rings. The summed E-state index contributed by atoms with van der Waals surface area (Å²) in [5.41, 5.74) is 1.72. The van der Waals surface area contributed by atoms with E-state index in [1.807, 2.05) is 36.4 Å². The van der Waals surface area contributed by atoms with Gasteiger partial charge in [-0.15, -0.1) is 0 Å². The second-order valence-electron chi connectivity index (χ2n) is 9.71. The fourth-order valence-electron chi connectivity index (χ4n) is 5.15. The Morgan fingerprint density at radius 2 is 1.92 bits per heavy atom. The molecule has 3 heterocycles. The van der Waals surface area contributed by atoms with Gasteiger partial charge in [0.1, 0.15) is 5.58 Å². The van der Waals surface area contributed by atoms with Crippen molar-refractivity contribution in [2.24, 2.45) is 0 Å². The molecule has 192 valence electrons. The van der Waals surface area contributed by atoms with Gasteiger partial charge in [-0.2, -0.15) is 0 Å². The van der Waals surface area contributed by atoms with E-state index in [2.05, 4.69) is 10.2 Å². The van der Waals surface area contributed by atoms with Gasteiger partial charge in [-0.3, -0.25) is 9.69 Å². The van der Waals surface area contributed by atoms with Crippen molar-refractivity contribution < 1.29 is 28.5 Å². The highest BCUT2D eigenvalue weighted by molar-refractivity contribution is 5.96. The number of carbonyl (C=O) groups is 1. The van der Waals surface area contributed by atoms with E-state index in [-0.39, 0.29) is 17.8 Å². The molecule has 36 heavy (non-hydrogen) atoms. The van der Waals surface area contributed by atoms with Crippen molar-refractivity contribution in [3.8, 4) is 11.5 Å². The molecule has 0 unspecified atom stereocenters. The van der Waals surface area contributed by atoms with Crippen molar-refractivity contribution >= 4 is 16.9 Å². The minimum Gasteiger partial charge on any atom is -0.493 e. The maximum atomic E-state index is 12.6. The molecule has 1 aromatic heterocycles. The zero-order valence-corrected chi connectivity index (χ0v) is 20.9. The van der Waals surface area contributed by atoms with Crippen LogP contribution in [0.5, 0.6) is 11.5 Å². The van der Waals surface area contributed by atoms with Crippen molar-refractivity contribution in [2.75, 3.05) is 40.5 Å². The third-order valence-electron chi connectivity index (χ3n) is 7.33. The Kier molecular flexibility index (Phi) is 7.18. The average molecular weight is 495 g/mol. The number of hydrogen-bond donors (Lipinski definition) is 2. The van der Waals surface area contributed by atoms with Crippen LogP contribution >= 0.6 is 0 Å². The Bertz CT molecular complexity index is 1210. The van der Waals surface area contributed by atoms with Crippen LogP contribution in [0.1, 0.15) is 47.4 Å². The summed E-state index contributed by atoms with van der Waals surface area (Å²) < 4.78 is 22.1. The Balaban J connectivity index is 1.22. The Morgan fingerprint density at radius 1 is 1.11 bits per heavy atom. The molecular formula is C28H34N2O6. The van der Waals surface area contributed by atoms with Crippen LogP contribution in [-0.4, -0.2) is 62.5 Å². The standard InChI is InChI=1S/C28H34N2O6/c1-33-24-7-5-19(14-25(24)34-2)18-30-11-9-28(32,10-12-30)21-6-8-23-20(15-21)16-26(36-23)27(31)29-17-22-4-3-13-35-22/h5-8,14-16,22,32H,3-4,9-13,17-18H2,1-2H3,(H,29,31)/t22-/m0/s1. The van der Waals surface area contributed by atoms with Crippen LogP contribution in [0.2, 0.25) is 0 Å². The summed E-state index contributed by atoms with van der Waals surface area (Å²) in [6.07, 6.45) is 3.33. The van der Waals surface area contributed by atoms with Crippen molar-refractivity contribution in [3.05, 3.63) is 59.4 Å². The Labute approximate surface area is 211 Å². The molecule has 5 rings (SSSR count). The average Bonchev–Trinajstić information content (AvgIpc) is 3.58. The van der Waals surface area contributed by atoms with Gasteiger partial charge in [0.25, 0.3) is 5.91 Å². The van der Waals surface area contributed by atoms with E-state index in [4.69, 9.17) is 18.6 Å². The summed E-state index contributed by atoms with van der Waals surface area (Å²) in [6.45, 7) is 3.56. The minimum atomic E-state index is -0.915. The molecule has 1 atom stereocenters. The van der Waals surface area contributed by atoms with Crippen LogP contribution in [0.4, 0.5) is 0 Å². The van der Waals surface area contributed by atoms with Crippen molar-refractivity contribution in [1.29, 1.82) is 0 Å². The van der Waals surface area contributed by atoms with Gasteiger partial charge in [0.2, 0.25) is 0 Å². The first kappa shape index (κ1) is 24.6. The fourth-order valence-corrected chi connectivity index (χ4v) is 5.15. The van der Waals surface area contributed by atoms with E-state index in [1.165, 1.54) is 0 Å². The van der Waals surface area contributed by atoms with Crippen LogP contribution in [0.15, 0.2) is 46.9 Å². The molecule has 0 spiro atoms. The number of ether oxygens (including phenoxy) is 3. The van der Waals surface area contributed by atoms with Crippen LogP contribution in [0.25, 0.3) is 11.0 Å². The van der Waals surface area contributed by atoms with E-state index in [1.54, 1.807) is 20.3 Å². The largest absolute Gasteiger partial charge is 0.493 e. The van der Waals surface area contributed by atoms with Crippen molar-refractivity contribution in [3.63, 3.8) is 0 Å². The number of furan rings is 1. The second-order valence-corrected chi connectivity index (χ2v) is 9.71. The van der Waals surface area contributed by atoms with Gasteiger partial charge >= 0.3 is 0 Å². The zero-order valence-electron chi connectivity index (χ0n) is 20.9. The predicted octanol–water partition coefficient (Wildman–Crippen LogP) is 3.84. The quantitative estimate of drug-likeness (QED) is 0.491. The Hall–Kier alpha value is -3.07. The number of nitrogens with zero attached hydrogens (tertiary/aromatic N) is 1. The molecule has 3 aromatic rings. The fraction of sp³-hybridized carbons (Fsp3) is 0.464. The molecular weight excluding hydrogens is 460 g/mol. The molecule has 0 aliphatic carbocycles. The van der Waals surface area contributed by atoms with Gasteiger partial charge in [0.15, 0.2) is 17.3 Å². The highest BCUT2D eigenvalue weighted by atomic mass is 16.5. The van der Waals surface area contributed by atoms with Gasteiger partial charge in [0, 0.05) is 38.2 Å². The summed E-state index contributed by atoms with van der Waals surface area (Å²) in [5, 5.41) is 15.2. The van der Waals surface area contributed by atoms with Gasteiger partial charge < -0.3 is 29.1 Å². The number of rotatable bonds is 8. The number of carbonyl (C=O) groups excluding carboxylic acids is 1. The molecule has 8 nitrogen and oxygen atoms in total.